The maximum atomic E-state index is 13.2. The number of halogens is 3. The Bertz CT molecular complexity index is 1480. The molecule has 1 saturated heterocycles. The molecule has 0 radical (unpaired) electrons. The number of aromatic carboxylic acids is 1. The lowest BCUT2D eigenvalue weighted by Crippen LogP contribution is -2.28. The first kappa shape index (κ1) is 29.3. The largest absolute Gasteiger partial charge is 0.490 e. The molecular formula is C28H23Cl2IN2O5S. The molecule has 11 heteroatoms. The summed E-state index contributed by atoms with van der Waals surface area (Å²) in [6.07, 6.45) is 1.80. The van der Waals surface area contributed by atoms with Gasteiger partial charge in [0, 0.05) is 6.54 Å². The molecule has 1 aliphatic rings. The average Bonchev–Trinajstić information content (AvgIpc) is 3.19. The SMILES string of the molecule is CCOc1cc(C=C2SC(=Nc3ccc(C(=O)O)cc3)N(CC)C2=O)cc(I)c1OCc1ccc(Cl)c(Cl)c1. The van der Waals surface area contributed by atoms with Gasteiger partial charge in [-0.1, -0.05) is 29.3 Å². The molecule has 0 aliphatic carbocycles. The first-order valence-corrected chi connectivity index (χ1v) is 14.5. The summed E-state index contributed by atoms with van der Waals surface area (Å²) in [5.74, 6) is -0.00646. The fraction of sp³-hybridized carbons (Fsp3) is 0.179. The van der Waals surface area contributed by atoms with Gasteiger partial charge in [0.25, 0.3) is 5.91 Å². The van der Waals surface area contributed by atoms with E-state index in [9.17, 15) is 9.59 Å². The van der Waals surface area contributed by atoms with Crippen molar-refractivity contribution in [2.24, 2.45) is 4.99 Å². The number of hydrogen-bond acceptors (Lipinski definition) is 6. The van der Waals surface area contributed by atoms with Gasteiger partial charge in [0.05, 0.1) is 36.4 Å². The highest BCUT2D eigenvalue weighted by Gasteiger charge is 2.32. The van der Waals surface area contributed by atoms with Crippen LogP contribution in [-0.4, -0.2) is 40.2 Å². The molecule has 39 heavy (non-hydrogen) atoms. The highest BCUT2D eigenvalue weighted by atomic mass is 127. The molecule has 1 fully saturated rings. The smallest absolute Gasteiger partial charge is 0.335 e. The molecule has 7 nitrogen and oxygen atoms in total. The molecule has 0 unspecified atom stereocenters. The standard InChI is InChI=1S/C28H23Cl2IN2O5S/c1-3-33-26(34)24(39-28(33)32-19-8-6-18(7-9-19)27(35)36)14-17-12-22(31)25(23(13-17)37-4-2)38-15-16-5-10-20(29)21(30)11-16/h5-14H,3-4,15H2,1-2H3,(H,35,36). The minimum absolute atomic E-state index is 0.156. The van der Waals surface area contributed by atoms with Crippen molar-refractivity contribution in [2.75, 3.05) is 13.2 Å². The summed E-state index contributed by atoms with van der Waals surface area (Å²) >= 11 is 15.6. The first-order chi connectivity index (χ1) is 18.7. The van der Waals surface area contributed by atoms with E-state index in [4.69, 9.17) is 37.8 Å². The van der Waals surface area contributed by atoms with Gasteiger partial charge in [-0.3, -0.25) is 9.69 Å². The summed E-state index contributed by atoms with van der Waals surface area (Å²) in [6.45, 7) is 4.93. The van der Waals surface area contributed by atoms with Crippen LogP contribution in [0, 0.1) is 3.57 Å². The van der Waals surface area contributed by atoms with E-state index < -0.39 is 5.97 Å². The van der Waals surface area contributed by atoms with Gasteiger partial charge in [0.2, 0.25) is 0 Å². The zero-order valence-corrected chi connectivity index (χ0v) is 25.4. The van der Waals surface area contributed by atoms with Crippen LogP contribution in [0.25, 0.3) is 6.08 Å². The summed E-state index contributed by atoms with van der Waals surface area (Å²) in [5, 5.41) is 10.6. The van der Waals surface area contributed by atoms with Crippen LogP contribution in [0.15, 0.2) is 64.5 Å². The van der Waals surface area contributed by atoms with Gasteiger partial charge in [0.15, 0.2) is 16.7 Å². The number of likely N-dealkylation sites (N-methyl/N-ethyl adjacent to an activating group) is 1. The van der Waals surface area contributed by atoms with E-state index in [0.717, 1.165) is 14.7 Å². The molecule has 0 aromatic heterocycles. The van der Waals surface area contributed by atoms with Gasteiger partial charge >= 0.3 is 5.97 Å². The maximum absolute atomic E-state index is 13.2. The Balaban J connectivity index is 1.59. The van der Waals surface area contributed by atoms with Crippen LogP contribution in [0.4, 0.5) is 5.69 Å². The predicted molar refractivity (Wildman–Crippen MR) is 165 cm³/mol. The number of amides is 1. The number of aliphatic imine (C=N–C) groups is 1. The van der Waals surface area contributed by atoms with Crippen LogP contribution >= 0.6 is 57.6 Å². The number of rotatable bonds is 9. The normalized spacial score (nSPS) is 15.3. The Morgan fingerprint density at radius 2 is 1.82 bits per heavy atom. The molecule has 1 N–H and O–H groups in total. The Hall–Kier alpha value is -2.73. The number of ether oxygens (including phenoxy) is 2. The molecule has 4 rings (SSSR count). The second kappa shape index (κ2) is 13.1. The Kier molecular flexibility index (Phi) is 9.81. The van der Waals surface area contributed by atoms with E-state index in [0.29, 0.717) is 50.5 Å². The van der Waals surface area contributed by atoms with Gasteiger partial charge in [0.1, 0.15) is 6.61 Å². The highest BCUT2D eigenvalue weighted by molar-refractivity contribution is 14.1. The lowest BCUT2D eigenvalue weighted by atomic mass is 10.1. The van der Waals surface area contributed by atoms with E-state index in [1.54, 1.807) is 35.2 Å². The van der Waals surface area contributed by atoms with Gasteiger partial charge in [-0.2, -0.15) is 0 Å². The van der Waals surface area contributed by atoms with E-state index in [-0.39, 0.29) is 18.1 Å². The van der Waals surface area contributed by atoms with Crippen molar-refractivity contribution >= 4 is 86.4 Å². The van der Waals surface area contributed by atoms with Gasteiger partial charge < -0.3 is 14.6 Å². The number of hydrogen-bond donors (Lipinski definition) is 1. The second-order valence-electron chi connectivity index (χ2n) is 8.21. The molecule has 0 saturated carbocycles. The summed E-state index contributed by atoms with van der Waals surface area (Å²) in [4.78, 5) is 31.0. The second-order valence-corrected chi connectivity index (χ2v) is 11.2. The molecule has 0 bridgehead atoms. The number of amidine groups is 1. The predicted octanol–water partition coefficient (Wildman–Crippen LogP) is 7.90. The lowest BCUT2D eigenvalue weighted by Gasteiger charge is -2.15. The van der Waals surface area contributed by atoms with Crippen LogP contribution < -0.4 is 9.47 Å². The number of carbonyl (C=O) groups is 2. The molecule has 3 aromatic rings. The average molecular weight is 697 g/mol. The van der Waals surface area contributed by atoms with Crippen molar-refractivity contribution in [2.45, 2.75) is 20.5 Å². The minimum Gasteiger partial charge on any atom is -0.490 e. The monoisotopic (exact) mass is 696 g/mol. The lowest BCUT2D eigenvalue weighted by molar-refractivity contribution is -0.122. The third-order valence-corrected chi connectivity index (χ3v) is 8.09. The fourth-order valence-corrected chi connectivity index (χ4v) is 5.83. The molecule has 0 atom stereocenters. The maximum Gasteiger partial charge on any atom is 0.335 e. The Morgan fingerprint density at radius 3 is 2.46 bits per heavy atom. The van der Waals surface area contributed by atoms with E-state index >= 15 is 0 Å². The third-order valence-electron chi connectivity index (χ3n) is 5.54. The quantitative estimate of drug-likeness (QED) is 0.181. The van der Waals surface area contributed by atoms with Gasteiger partial charge in [-0.15, -0.1) is 0 Å². The van der Waals surface area contributed by atoms with Crippen LogP contribution in [0.1, 0.15) is 35.3 Å². The summed E-state index contributed by atoms with van der Waals surface area (Å²) in [5.41, 5.74) is 2.38. The number of nitrogens with zero attached hydrogens (tertiary/aromatic N) is 2. The number of thioether (sulfide) groups is 1. The molecule has 202 valence electrons. The summed E-state index contributed by atoms with van der Waals surface area (Å²) in [6, 6.07) is 15.3. The number of carboxylic acids is 1. The molecule has 1 aliphatic heterocycles. The van der Waals surface area contributed by atoms with Gasteiger partial charge in [-0.05, 0) is 114 Å². The fourth-order valence-electron chi connectivity index (χ4n) is 3.67. The van der Waals surface area contributed by atoms with E-state index in [1.165, 1.54) is 23.9 Å². The number of carbonyl (C=O) groups excluding carboxylic acids is 1. The molecule has 0 spiro atoms. The number of carboxylic acid groups (broad SMARTS) is 1. The molecule has 3 aromatic carbocycles. The van der Waals surface area contributed by atoms with Crippen LogP contribution in [0.5, 0.6) is 11.5 Å². The van der Waals surface area contributed by atoms with Crippen molar-refractivity contribution in [3.05, 3.63) is 89.8 Å². The molecule has 1 heterocycles. The Morgan fingerprint density at radius 1 is 1.08 bits per heavy atom. The van der Waals surface area contributed by atoms with Crippen molar-refractivity contribution < 1.29 is 24.2 Å². The van der Waals surface area contributed by atoms with E-state index in [1.807, 2.05) is 32.0 Å². The molecular weight excluding hydrogens is 674 g/mol. The Labute approximate surface area is 253 Å². The zero-order chi connectivity index (χ0) is 28.1. The van der Waals surface area contributed by atoms with Gasteiger partial charge in [-0.25, -0.2) is 9.79 Å². The summed E-state index contributed by atoms with van der Waals surface area (Å²) in [7, 11) is 0. The zero-order valence-electron chi connectivity index (χ0n) is 20.9. The highest BCUT2D eigenvalue weighted by Crippen LogP contribution is 2.38. The summed E-state index contributed by atoms with van der Waals surface area (Å²) < 4.78 is 12.8. The van der Waals surface area contributed by atoms with Crippen LogP contribution in [-0.2, 0) is 11.4 Å². The van der Waals surface area contributed by atoms with Crippen LogP contribution in [0.2, 0.25) is 10.0 Å². The van der Waals surface area contributed by atoms with Crippen molar-refractivity contribution in [3.8, 4) is 11.5 Å². The van der Waals surface area contributed by atoms with Crippen LogP contribution in [0.3, 0.4) is 0 Å². The van der Waals surface area contributed by atoms with Crippen molar-refractivity contribution in [3.63, 3.8) is 0 Å². The minimum atomic E-state index is -1.01. The molecule has 1 amide bonds. The first-order valence-electron chi connectivity index (χ1n) is 11.9. The topological polar surface area (TPSA) is 88.4 Å². The van der Waals surface area contributed by atoms with Crippen molar-refractivity contribution in [1.29, 1.82) is 0 Å². The van der Waals surface area contributed by atoms with Crippen molar-refractivity contribution in [1.82, 2.24) is 4.90 Å². The number of benzene rings is 3. The third kappa shape index (κ3) is 7.08. The van der Waals surface area contributed by atoms with E-state index in [2.05, 4.69) is 27.6 Å².